The van der Waals surface area contributed by atoms with Crippen LogP contribution in [0.15, 0.2) is 138 Å². The van der Waals surface area contributed by atoms with Gasteiger partial charge in [0, 0.05) is 28.7 Å². The van der Waals surface area contributed by atoms with E-state index >= 15 is 0 Å². The first-order valence-electron chi connectivity index (χ1n) is 13.5. The zero-order valence-electron chi connectivity index (χ0n) is 21.9. The van der Waals surface area contributed by atoms with E-state index in [1.165, 1.54) is 0 Å². The lowest BCUT2D eigenvalue weighted by Crippen LogP contribution is -1.94. The van der Waals surface area contributed by atoms with Crippen molar-refractivity contribution in [2.75, 3.05) is 0 Å². The van der Waals surface area contributed by atoms with Crippen molar-refractivity contribution in [3.05, 3.63) is 134 Å². The SMILES string of the molecule is c1ccc(-c2nc3cc(-c4cc(-c5ccccn5)nc(-c5ccccn5)c4)ccc3c3oc4ccccc4c23)cc1. The summed E-state index contributed by atoms with van der Waals surface area (Å²) in [5.74, 6) is 0. The Morgan fingerprint density at radius 3 is 1.85 bits per heavy atom. The number of nitrogens with zero attached hydrogens (tertiary/aromatic N) is 4. The number of hydrogen-bond donors (Lipinski definition) is 0. The minimum Gasteiger partial charge on any atom is -0.455 e. The van der Waals surface area contributed by atoms with Crippen LogP contribution in [0.1, 0.15) is 0 Å². The minimum atomic E-state index is 0.787. The van der Waals surface area contributed by atoms with E-state index < -0.39 is 0 Å². The number of aromatic nitrogens is 4. The summed E-state index contributed by atoms with van der Waals surface area (Å²) in [6.07, 6.45) is 3.57. The van der Waals surface area contributed by atoms with E-state index in [-0.39, 0.29) is 0 Å². The lowest BCUT2D eigenvalue weighted by Gasteiger charge is -2.11. The van der Waals surface area contributed by atoms with Crippen LogP contribution in [0.5, 0.6) is 0 Å². The first-order valence-corrected chi connectivity index (χ1v) is 13.5. The molecule has 5 aromatic heterocycles. The summed E-state index contributed by atoms with van der Waals surface area (Å²) in [4.78, 5) is 19.3. The van der Waals surface area contributed by atoms with E-state index in [1.54, 1.807) is 12.4 Å². The minimum absolute atomic E-state index is 0.787. The number of furan rings is 1. The summed E-state index contributed by atoms with van der Waals surface area (Å²) in [6, 6.07) is 40.7. The van der Waals surface area contributed by atoms with Crippen molar-refractivity contribution in [2.45, 2.75) is 0 Å². The fourth-order valence-electron chi connectivity index (χ4n) is 5.44. The molecule has 5 nitrogen and oxygen atoms in total. The normalized spacial score (nSPS) is 11.4. The second-order valence-electron chi connectivity index (χ2n) is 9.92. The fraction of sp³-hybridized carbons (Fsp3) is 0. The Morgan fingerprint density at radius 1 is 0.463 bits per heavy atom. The first kappa shape index (κ1) is 23.2. The number of para-hydroxylation sites is 1. The maximum absolute atomic E-state index is 6.46. The maximum atomic E-state index is 6.46. The molecule has 0 radical (unpaired) electrons. The third kappa shape index (κ3) is 4.03. The number of benzene rings is 3. The molecule has 5 heterocycles. The summed E-state index contributed by atoms with van der Waals surface area (Å²) < 4.78 is 6.46. The predicted molar refractivity (Wildman–Crippen MR) is 164 cm³/mol. The summed E-state index contributed by atoms with van der Waals surface area (Å²) in [7, 11) is 0. The third-order valence-corrected chi connectivity index (χ3v) is 7.37. The Kier molecular flexibility index (Phi) is 5.38. The molecule has 8 aromatic rings. The molecule has 192 valence electrons. The zero-order chi connectivity index (χ0) is 27.2. The molecular weight excluding hydrogens is 504 g/mol. The average Bonchev–Trinajstić information content (AvgIpc) is 3.45. The number of pyridine rings is 4. The summed E-state index contributed by atoms with van der Waals surface area (Å²) in [6.45, 7) is 0. The van der Waals surface area contributed by atoms with Crippen LogP contribution in [-0.2, 0) is 0 Å². The molecule has 0 unspecified atom stereocenters. The molecule has 8 rings (SSSR count). The molecule has 41 heavy (non-hydrogen) atoms. The van der Waals surface area contributed by atoms with Gasteiger partial charge in [-0.05, 0) is 65.7 Å². The molecule has 0 amide bonds. The number of rotatable bonds is 4. The molecule has 0 N–H and O–H groups in total. The molecule has 0 aliphatic carbocycles. The van der Waals surface area contributed by atoms with Crippen LogP contribution >= 0.6 is 0 Å². The van der Waals surface area contributed by atoms with E-state index in [9.17, 15) is 0 Å². The molecule has 0 spiro atoms. The highest BCUT2D eigenvalue weighted by Crippen LogP contribution is 2.40. The molecule has 0 fully saturated rings. The van der Waals surface area contributed by atoms with Gasteiger partial charge in [-0.2, -0.15) is 0 Å². The second kappa shape index (κ2) is 9.50. The van der Waals surface area contributed by atoms with E-state index in [2.05, 4.69) is 58.5 Å². The van der Waals surface area contributed by atoms with Crippen LogP contribution in [0.25, 0.3) is 78.0 Å². The lowest BCUT2D eigenvalue weighted by atomic mass is 9.98. The Balaban J connectivity index is 1.38. The van der Waals surface area contributed by atoms with Gasteiger partial charge in [0.05, 0.1) is 39.4 Å². The van der Waals surface area contributed by atoms with E-state index in [0.29, 0.717) is 0 Å². The molecule has 0 bridgehead atoms. The predicted octanol–water partition coefficient (Wildman–Crippen LogP) is 8.99. The molecule has 0 saturated carbocycles. The van der Waals surface area contributed by atoms with E-state index in [0.717, 1.165) is 78.0 Å². The fourth-order valence-corrected chi connectivity index (χ4v) is 5.44. The molecule has 0 saturated heterocycles. The molecule has 0 aliphatic heterocycles. The highest BCUT2D eigenvalue weighted by Gasteiger charge is 2.18. The monoisotopic (exact) mass is 526 g/mol. The lowest BCUT2D eigenvalue weighted by molar-refractivity contribution is 0.672. The van der Waals surface area contributed by atoms with Crippen molar-refractivity contribution in [2.24, 2.45) is 0 Å². The third-order valence-electron chi connectivity index (χ3n) is 7.37. The van der Waals surface area contributed by atoms with Crippen LogP contribution < -0.4 is 0 Å². The Bertz CT molecular complexity index is 2130. The van der Waals surface area contributed by atoms with Crippen LogP contribution in [0.2, 0.25) is 0 Å². The zero-order valence-corrected chi connectivity index (χ0v) is 21.9. The maximum Gasteiger partial charge on any atom is 0.147 e. The van der Waals surface area contributed by atoms with Gasteiger partial charge in [-0.15, -0.1) is 0 Å². The highest BCUT2D eigenvalue weighted by atomic mass is 16.3. The molecule has 3 aromatic carbocycles. The Hall–Kier alpha value is -5.68. The van der Waals surface area contributed by atoms with Gasteiger partial charge in [0.15, 0.2) is 0 Å². The molecule has 5 heteroatoms. The van der Waals surface area contributed by atoms with Gasteiger partial charge in [-0.3, -0.25) is 9.97 Å². The van der Waals surface area contributed by atoms with E-state index in [1.807, 2.05) is 72.8 Å². The van der Waals surface area contributed by atoms with Crippen molar-refractivity contribution in [3.63, 3.8) is 0 Å². The Labute approximate surface area is 235 Å². The van der Waals surface area contributed by atoms with Crippen LogP contribution in [-0.4, -0.2) is 19.9 Å². The van der Waals surface area contributed by atoms with Crippen molar-refractivity contribution in [1.29, 1.82) is 0 Å². The largest absolute Gasteiger partial charge is 0.455 e. The summed E-state index contributed by atoms with van der Waals surface area (Å²) >= 11 is 0. The van der Waals surface area contributed by atoms with Gasteiger partial charge in [-0.1, -0.05) is 66.7 Å². The van der Waals surface area contributed by atoms with Gasteiger partial charge in [0.2, 0.25) is 0 Å². The number of fused-ring (bicyclic) bond motifs is 5. The second-order valence-corrected chi connectivity index (χ2v) is 9.92. The first-order chi connectivity index (χ1) is 20.3. The smallest absolute Gasteiger partial charge is 0.147 e. The molecule has 0 aliphatic rings. The van der Waals surface area contributed by atoms with Crippen molar-refractivity contribution >= 4 is 32.8 Å². The van der Waals surface area contributed by atoms with Gasteiger partial charge in [0.25, 0.3) is 0 Å². The van der Waals surface area contributed by atoms with Crippen molar-refractivity contribution in [1.82, 2.24) is 19.9 Å². The van der Waals surface area contributed by atoms with Crippen molar-refractivity contribution < 1.29 is 4.42 Å². The number of hydrogen-bond acceptors (Lipinski definition) is 5. The van der Waals surface area contributed by atoms with Gasteiger partial charge >= 0.3 is 0 Å². The standard InChI is InChI=1S/C36H22N4O/c1-2-10-23(11-3-1)35-34-27-12-4-5-15-33(27)41-36(34)26-17-16-24(20-30(26)40-35)25-21-31(28-13-6-8-18-37-28)39-32(22-25)29-14-7-9-19-38-29/h1-22H. The van der Waals surface area contributed by atoms with Gasteiger partial charge < -0.3 is 4.42 Å². The average molecular weight is 527 g/mol. The highest BCUT2D eigenvalue weighted by molar-refractivity contribution is 6.19. The van der Waals surface area contributed by atoms with Crippen LogP contribution in [0.4, 0.5) is 0 Å². The molecular formula is C36H22N4O. The molecule has 0 atom stereocenters. The van der Waals surface area contributed by atoms with Crippen LogP contribution in [0, 0.1) is 0 Å². The van der Waals surface area contributed by atoms with Gasteiger partial charge in [0.1, 0.15) is 11.2 Å². The van der Waals surface area contributed by atoms with Gasteiger partial charge in [-0.25, -0.2) is 9.97 Å². The summed E-state index contributed by atoms with van der Waals surface area (Å²) in [5.41, 5.74) is 9.75. The quantitative estimate of drug-likeness (QED) is 0.229. The Morgan fingerprint density at radius 2 is 1.15 bits per heavy atom. The van der Waals surface area contributed by atoms with E-state index in [4.69, 9.17) is 14.4 Å². The van der Waals surface area contributed by atoms with Crippen LogP contribution in [0.3, 0.4) is 0 Å². The summed E-state index contributed by atoms with van der Waals surface area (Å²) in [5, 5.41) is 3.07. The van der Waals surface area contributed by atoms with Crippen molar-refractivity contribution in [3.8, 4) is 45.2 Å². The topological polar surface area (TPSA) is 64.7 Å².